The van der Waals surface area contributed by atoms with Gasteiger partial charge in [0.25, 0.3) is 0 Å². The van der Waals surface area contributed by atoms with Crippen molar-refractivity contribution in [3.05, 3.63) is 35.0 Å². The molecule has 1 aromatic rings. The number of benzene rings is 1. The SMILES string of the molecule is CCOC(=O)C1=C(C)NC(=O)C[C@@H]1c1cc(OC)ccc1OC. The lowest BCUT2D eigenvalue weighted by atomic mass is 9.84. The number of rotatable bonds is 5. The quantitative estimate of drug-likeness (QED) is 0.842. The standard InChI is InChI=1S/C17H21NO5/c1-5-23-17(20)16-10(2)18-15(19)9-13(16)12-8-11(21-3)6-7-14(12)22-4/h6-8,13H,5,9H2,1-4H3,(H,18,19)/t13-/m1/s1. The van der Waals surface area contributed by atoms with Crippen molar-refractivity contribution in [3.8, 4) is 11.5 Å². The van der Waals surface area contributed by atoms with Gasteiger partial charge in [0.1, 0.15) is 11.5 Å². The van der Waals surface area contributed by atoms with E-state index in [4.69, 9.17) is 14.2 Å². The van der Waals surface area contributed by atoms with Crippen LogP contribution in [0.4, 0.5) is 0 Å². The molecule has 0 aliphatic carbocycles. The number of ether oxygens (including phenoxy) is 3. The maximum Gasteiger partial charge on any atom is 0.336 e. The summed E-state index contributed by atoms with van der Waals surface area (Å²) < 4.78 is 15.8. The van der Waals surface area contributed by atoms with E-state index >= 15 is 0 Å². The summed E-state index contributed by atoms with van der Waals surface area (Å²) >= 11 is 0. The van der Waals surface area contributed by atoms with Crippen molar-refractivity contribution in [2.45, 2.75) is 26.2 Å². The third kappa shape index (κ3) is 3.47. The zero-order valence-corrected chi connectivity index (χ0v) is 13.8. The molecule has 1 aliphatic rings. The number of carbonyl (C=O) groups is 2. The smallest absolute Gasteiger partial charge is 0.336 e. The van der Waals surface area contributed by atoms with Crippen LogP contribution in [-0.2, 0) is 14.3 Å². The maximum atomic E-state index is 12.3. The van der Waals surface area contributed by atoms with E-state index in [1.807, 2.05) is 0 Å². The molecule has 6 heteroatoms. The van der Waals surface area contributed by atoms with Crippen molar-refractivity contribution in [3.63, 3.8) is 0 Å². The number of methoxy groups -OCH3 is 2. The molecule has 1 aliphatic heterocycles. The number of carbonyl (C=O) groups excluding carboxylic acids is 2. The monoisotopic (exact) mass is 319 g/mol. The first kappa shape index (κ1) is 16.9. The van der Waals surface area contributed by atoms with E-state index in [0.29, 0.717) is 22.8 Å². The minimum Gasteiger partial charge on any atom is -0.497 e. The number of hydrogen-bond acceptors (Lipinski definition) is 5. The highest BCUT2D eigenvalue weighted by molar-refractivity contribution is 5.96. The van der Waals surface area contributed by atoms with Crippen molar-refractivity contribution in [2.75, 3.05) is 20.8 Å². The van der Waals surface area contributed by atoms with Crippen LogP contribution in [0.1, 0.15) is 31.7 Å². The van der Waals surface area contributed by atoms with Crippen LogP contribution in [0.15, 0.2) is 29.5 Å². The Morgan fingerprint density at radius 1 is 1.30 bits per heavy atom. The van der Waals surface area contributed by atoms with Crippen molar-refractivity contribution in [1.82, 2.24) is 5.32 Å². The Kier molecular flexibility index (Phi) is 5.26. The van der Waals surface area contributed by atoms with Crippen molar-refractivity contribution >= 4 is 11.9 Å². The summed E-state index contributed by atoms with van der Waals surface area (Å²) in [5, 5.41) is 2.70. The third-order valence-electron chi connectivity index (χ3n) is 3.78. The summed E-state index contributed by atoms with van der Waals surface area (Å²) in [7, 11) is 3.11. The molecule has 1 heterocycles. The fourth-order valence-corrected chi connectivity index (χ4v) is 2.76. The number of hydrogen-bond donors (Lipinski definition) is 1. The van der Waals surface area contributed by atoms with Crippen molar-refractivity contribution in [2.24, 2.45) is 0 Å². The Morgan fingerprint density at radius 3 is 2.65 bits per heavy atom. The molecule has 1 amide bonds. The van der Waals surface area contributed by atoms with Gasteiger partial charge < -0.3 is 19.5 Å². The van der Waals surface area contributed by atoms with E-state index in [9.17, 15) is 9.59 Å². The van der Waals surface area contributed by atoms with Gasteiger partial charge in [-0.15, -0.1) is 0 Å². The summed E-state index contributed by atoms with van der Waals surface area (Å²) in [6.45, 7) is 3.71. The predicted octanol–water partition coefficient (Wildman–Crippen LogP) is 2.14. The largest absolute Gasteiger partial charge is 0.497 e. The molecule has 0 bridgehead atoms. The van der Waals surface area contributed by atoms with Crippen LogP contribution in [0.5, 0.6) is 11.5 Å². The second-order valence-corrected chi connectivity index (χ2v) is 5.17. The lowest BCUT2D eigenvalue weighted by molar-refractivity contribution is -0.139. The Morgan fingerprint density at radius 2 is 2.04 bits per heavy atom. The zero-order valence-electron chi connectivity index (χ0n) is 13.8. The van der Waals surface area contributed by atoms with Gasteiger partial charge in [0.2, 0.25) is 5.91 Å². The minimum absolute atomic E-state index is 0.148. The van der Waals surface area contributed by atoms with Crippen molar-refractivity contribution in [1.29, 1.82) is 0 Å². The molecular formula is C17H21NO5. The normalized spacial score (nSPS) is 17.6. The van der Waals surface area contributed by atoms with E-state index in [1.165, 1.54) is 0 Å². The molecule has 1 aromatic carbocycles. The molecule has 0 saturated heterocycles. The van der Waals surface area contributed by atoms with Gasteiger partial charge in [0.15, 0.2) is 0 Å². The number of nitrogens with one attached hydrogen (secondary N) is 1. The molecule has 2 rings (SSSR count). The van der Waals surface area contributed by atoms with Crippen LogP contribution in [0, 0.1) is 0 Å². The lowest BCUT2D eigenvalue weighted by Crippen LogP contribution is -2.34. The van der Waals surface area contributed by atoms with Crippen LogP contribution >= 0.6 is 0 Å². The van der Waals surface area contributed by atoms with Gasteiger partial charge in [-0.3, -0.25) is 4.79 Å². The van der Waals surface area contributed by atoms with Gasteiger partial charge in [-0.2, -0.15) is 0 Å². The predicted molar refractivity (Wildman–Crippen MR) is 84.4 cm³/mol. The fourth-order valence-electron chi connectivity index (χ4n) is 2.76. The molecule has 6 nitrogen and oxygen atoms in total. The highest BCUT2D eigenvalue weighted by Gasteiger charge is 2.34. The van der Waals surface area contributed by atoms with Gasteiger partial charge >= 0.3 is 5.97 Å². The first-order chi connectivity index (χ1) is 11.0. The van der Waals surface area contributed by atoms with Gasteiger partial charge in [-0.05, 0) is 32.0 Å². The molecular weight excluding hydrogens is 298 g/mol. The molecule has 0 saturated carbocycles. The van der Waals surface area contributed by atoms with E-state index in [2.05, 4.69) is 5.32 Å². The maximum absolute atomic E-state index is 12.3. The Labute approximate surface area is 135 Å². The molecule has 1 N–H and O–H groups in total. The zero-order chi connectivity index (χ0) is 17.0. The van der Waals surface area contributed by atoms with E-state index in [1.54, 1.807) is 46.3 Å². The summed E-state index contributed by atoms with van der Waals surface area (Å²) in [4.78, 5) is 24.3. The van der Waals surface area contributed by atoms with E-state index < -0.39 is 11.9 Å². The van der Waals surface area contributed by atoms with Crippen LogP contribution < -0.4 is 14.8 Å². The average Bonchev–Trinajstić information content (AvgIpc) is 2.53. The van der Waals surface area contributed by atoms with Gasteiger partial charge in [-0.1, -0.05) is 0 Å². The molecule has 0 radical (unpaired) electrons. The highest BCUT2D eigenvalue weighted by Crippen LogP contribution is 2.39. The van der Waals surface area contributed by atoms with Crippen LogP contribution in [0.25, 0.3) is 0 Å². The minimum atomic E-state index is -0.437. The second kappa shape index (κ2) is 7.17. The first-order valence-corrected chi connectivity index (χ1v) is 7.41. The summed E-state index contributed by atoms with van der Waals surface area (Å²) in [5.74, 6) is 0.214. The summed E-state index contributed by atoms with van der Waals surface area (Å²) in [6, 6.07) is 5.32. The van der Waals surface area contributed by atoms with Crippen LogP contribution in [0.3, 0.4) is 0 Å². The van der Waals surface area contributed by atoms with Gasteiger partial charge in [-0.25, -0.2) is 4.79 Å². The number of esters is 1. The molecule has 0 fully saturated rings. The molecule has 0 aromatic heterocycles. The Bertz CT molecular complexity index is 650. The van der Waals surface area contributed by atoms with Crippen LogP contribution in [-0.4, -0.2) is 32.7 Å². The van der Waals surface area contributed by atoms with Gasteiger partial charge in [0.05, 0.1) is 26.4 Å². The van der Waals surface area contributed by atoms with Crippen LogP contribution in [0.2, 0.25) is 0 Å². The Balaban J connectivity index is 2.56. The van der Waals surface area contributed by atoms with Crippen molar-refractivity contribution < 1.29 is 23.8 Å². The molecule has 124 valence electrons. The Hall–Kier alpha value is -2.50. The summed E-state index contributed by atoms with van der Waals surface area (Å²) in [6.07, 6.45) is 0.148. The fraction of sp³-hybridized carbons (Fsp3) is 0.412. The molecule has 0 unspecified atom stereocenters. The molecule has 1 atom stereocenters. The van der Waals surface area contributed by atoms with E-state index in [-0.39, 0.29) is 18.9 Å². The second-order valence-electron chi connectivity index (χ2n) is 5.17. The first-order valence-electron chi connectivity index (χ1n) is 7.41. The average molecular weight is 319 g/mol. The topological polar surface area (TPSA) is 73.9 Å². The summed E-state index contributed by atoms with van der Waals surface area (Å²) in [5.41, 5.74) is 1.68. The van der Waals surface area contributed by atoms with Gasteiger partial charge in [0, 0.05) is 23.6 Å². The molecule has 23 heavy (non-hydrogen) atoms. The number of allylic oxidation sites excluding steroid dienone is 1. The molecule has 0 spiro atoms. The third-order valence-corrected chi connectivity index (χ3v) is 3.78. The number of amides is 1. The van der Waals surface area contributed by atoms with E-state index in [0.717, 1.165) is 5.56 Å². The highest BCUT2D eigenvalue weighted by atomic mass is 16.5. The lowest BCUT2D eigenvalue weighted by Gasteiger charge is -2.27.